The summed E-state index contributed by atoms with van der Waals surface area (Å²) in [6.45, 7) is 0.574. The Labute approximate surface area is 130 Å². The fourth-order valence-electron chi connectivity index (χ4n) is 3.01. The average Bonchev–Trinajstić information content (AvgIpc) is 2.55. The maximum absolute atomic E-state index is 12.6. The van der Waals surface area contributed by atoms with Gasteiger partial charge in [0.05, 0.1) is 6.54 Å². The lowest BCUT2D eigenvalue weighted by Gasteiger charge is -2.28. The van der Waals surface area contributed by atoms with E-state index in [0.29, 0.717) is 6.54 Å². The van der Waals surface area contributed by atoms with Crippen LogP contribution in [0.25, 0.3) is 0 Å². The molecular weight excluding hydrogens is 274 g/mol. The molecule has 1 aliphatic heterocycles. The predicted molar refractivity (Wildman–Crippen MR) is 86.8 cm³/mol. The number of aryl methyl sites for hydroxylation is 2. The third-order valence-electron chi connectivity index (χ3n) is 4.17. The van der Waals surface area contributed by atoms with Crippen molar-refractivity contribution in [2.24, 2.45) is 0 Å². The van der Waals surface area contributed by atoms with Crippen LogP contribution in [-0.4, -0.2) is 12.2 Å². The van der Waals surface area contributed by atoms with Crippen molar-refractivity contribution in [1.29, 1.82) is 0 Å². The molecule has 0 fully saturated rings. The van der Waals surface area contributed by atoms with Gasteiger partial charge in [-0.05, 0) is 35.6 Å². The van der Waals surface area contributed by atoms with Gasteiger partial charge in [0.15, 0.2) is 0 Å². The van der Waals surface area contributed by atoms with Crippen LogP contribution < -0.4 is 4.90 Å². The van der Waals surface area contributed by atoms with Crippen LogP contribution in [-0.2, 0) is 29.0 Å². The van der Waals surface area contributed by atoms with E-state index < -0.39 is 0 Å². The minimum absolute atomic E-state index is 0.0104. The zero-order chi connectivity index (χ0) is 15.4. The monoisotopic (exact) mass is 293 g/mol. The molecule has 0 atom stereocenters. The molecule has 3 nitrogen and oxygen atoms in total. The van der Waals surface area contributed by atoms with Gasteiger partial charge in [-0.15, -0.1) is 0 Å². The van der Waals surface area contributed by atoms with Gasteiger partial charge in [0.25, 0.3) is 0 Å². The highest BCUT2D eigenvalue weighted by atomic mass is 16.2. The second kappa shape index (κ2) is 6.56. The molecule has 1 aliphatic rings. The summed E-state index contributed by atoms with van der Waals surface area (Å²) >= 11 is 0. The summed E-state index contributed by atoms with van der Waals surface area (Å²) in [5.41, 5.74) is 4.66. The predicted octanol–water partition coefficient (Wildman–Crippen LogP) is 3.30. The number of nitrogens with zero attached hydrogens (tertiary/aromatic N) is 1. The van der Waals surface area contributed by atoms with Crippen molar-refractivity contribution in [2.75, 3.05) is 4.90 Å². The van der Waals surface area contributed by atoms with Gasteiger partial charge in [-0.25, -0.2) is 0 Å². The molecule has 0 unspecified atom stereocenters. The van der Waals surface area contributed by atoms with E-state index in [9.17, 15) is 9.59 Å². The van der Waals surface area contributed by atoms with Crippen LogP contribution >= 0.6 is 0 Å². The number of fused-ring (bicyclic) bond motifs is 2. The molecule has 3 heteroatoms. The lowest BCUT2D eigenvalue weighted by molar-refractivity contribution is -0.120. The zero-order valence-corrected chi connectivity index (χ0v) is 12.5. The van der Waals surface area contributed by atoms with Crippen molar-refractivity contribution in [2.45, 2.75) is 32.2 Å². The van der Waals surface area contributed by atoms with Crippen molar-refractivity contribution in [3.8, 4) is 0 Å². The minimum Gasteiger partial charge on any atom is -0.308 e. The Morgan fingerprint density at radius 1 is 0.955 bits per heavy atom. The number of amides is 1. The summed E-state index contributed by atoms with van der Waals surface area (Å²) in [5.74, 6) is 0.0104. The highest BCUT2D eigenvalue weighted by Crippen LogP contribution is 2.28. The van der Waals surface area contributed by atoms with Crippen molar-refractivity contribution in [3.63, 3.8) is 0 Å². The Kier molecular flexibility index (Phi) is 4.33. The molecule has 0 spiro atoms. The van der Waals surface area contributed by atoms with Crippen LogP contribution in [0, 0.1) is 0 Å². The highest BCUT2D eigenvalue weighted by molar-refractivity contribution is 5.95. The normalized spacial score (nSPS) is 13.5. The molecule has 2 aromatic rings. The van der Waals surface area contributed by atoms with Crippen LogP contribution in [0.15, 0.2) is 48.5 Å². The average molecular weight is 293 g/mol. The maximum Gasteiger partial charge on any atom is 0.227 e. The van der Waals surface area contributed by atoms with Crippen LogP contribution in [0.2, 0.25) is 0 Å². The zero-order valence-electron chi connectivity index (χ0n) is 12.5. The van der Waals surface area contributed by atoms with Gasteiger partial charge in [0.2, 0.25) is 5.91 Å². The number of benzene rings is 2. The first kappa shape index (κ1) is 14.5. The molecule has 0 saturated carbocycles. The first-order valence-electron chi connectivity index (χ1n) is 7.68. The van der Waals surface area contributed by atoms with Crippen molar-refractivity contribution >= 4 is 17.9 Å². The molecule has 0 radical (unpaired) electrons. The smallest absolute Gasteiger partial charge is 0.227 e. The quantitative estimate of drug-likeness (QED) is 0.814. The van der Waals surface area contributed by atoms with E-state index >= 15 is 0 Å². The lowest BCUT2D eigenvalue weighted by Crippen LogP contribution is -2.32. The topological polar surface area (TPSA) is 37.4 Å². The largest absolute Gasteiger partial charge is 0.308 e. The van der Waals surface area contributed by atoms with Crippen molar-refractivity contribution in [3.05, 3.63) is 65.2 Å². The molecule has 0 bridgehead atoms. The summed E-state index contributed by atoms with van der Waals surface area (Å²) in [4.78, 5) is 25.0. The summed E-state index contributed by atoms with van der Waals surface area (Å²) in [6, 6.07) is 16.4. The number of hydrogen-bond acceptors (Lipinski definition) is 2. The van der Waals surface area contributed by atoms with Gasteiger partial charge in [0.1, 0.15) is 6.29 Å². The van der Waals surface area contributed by atoms with Crippen LogP contribution in [0.1, 0.15) is 29.5 Å². The van der Waals surface area contributed by atoms with Gasteiger partial charge < -0.3 is 9.69 Å². The Morgan fingerprint density at radius 3 is 2.36 bits per heavy atom. The molecule has 3 rings (SSSR count). The summed E-state index contributed by atoms with van der Waals surface area (Å²) in [6.07, 6.45) is 3.26. The van der Waals surface area contributed by atoms with Crippen molar-refractivity contribution in [1.82, 2.24) is 0 Å². The number of anilines is 1. The number of hydrogen-bond donors (Lipinski definition) is 0. The van der Waals surface area contributed by atoms with E-state index in [1.807, 2.05) is 35.2 Å². The second-order valence-electron chi connectivity index (χ2n) is 5.58. The van der Waals surface area contributed by atoms with Gasteiger partial charge in [-0.3, -0.25) is 4.79 Å². The second-order valence-corrected chi connectivity index (χ2v) is 5.58. The Hall–Kier alpha value is -2.42. The van der Waals surface area contributed by atoms with E-state index in [1.54, 1.807) is 0 Å². The molecule has 1 amide bonds. The first-order valence-corrected chi connectivity index (χ1v) is 7.68. The molecule has 0 saturated heterocycles. The fraction of sp³-hybridized carbons (Fsp3) is 0.263. The van der Waals surface area contributed by atoms with E-state index in [4.69, 9.17) is 0 Å². The van der Waals surface area contributed by atoms with Gasteiger partial charge in [0, 0.05) is 18.5 Å². The van der Waals surface area contributed by atoms with E-state index in [0.717, 1.165) is 24.8 Å². The molecule has 0 aromatic heterocycles. The SMILES string of the molecule is O=CCCC(=O)N1Cc2ccccc2CCc2ccccc21. The van der Waals surface area contributed by atoms with Crippen LogP contribution in [0.4, 0.5) is 5.69 Å². The first-order chi connectivity index (χ1) is 10.8. The number of carbonyl (C=O) groups excluding carboxylic acids is 2. The summed E-state index contributed by atoms with van der Waals surface area (Å²) in [7, 11) is 0. The van der Waals surface area contributed by atoms with Crippen molar-refractivity contribution < 1.29 is 9.59 Å². The summed E-state index contributed by atoms with van der Waals surface area (Å²) in [5, 5.41) is 0. The number of carbonyl (C=O) groups is 2. The molecule has 22 heavy (non-hydrogen) atoms. The van der Waals surface area contributed by atoms with Gasteiger partial charge in [-0.2, -0.15) is 0 Å². The number of para-hydroxylation sites is 1. The molecule has 1 heterocycles. The molecular formula is C19H19NO2. The van der Waals surface area contributed by atoms with Gasteiger partial charge >= 0.3 is 0 Å². The third-order valence-corrected chi connectivity index (χ3v) is 4.17. The molecule has 0 N–H and O–H groups in total. The molecule has 0 aliphatic carbocycles. The summed E-state index contributed by atoms with van der Waals surface area (Å²) < 4.78 is 0. The molecule has 2 aromatic carbocycles. The third kappa shape index (κ3) is 2.93. The highest BCUT2D eigenvalue weighted by Gasteiger charge is 2.21. The number of rotatable bonds is 3. The standard InChI is InChI=1S/C19H19NO2/c21-13-5-10-19(22)20-14-17-8-2-1-6-15(17)11-12-16-7-3-4-9-18(16)20/h1-4,6-9,13H,5,10-12,14H2. The Bertz CT molecular complexity index is 693. The van der Waals surface area contributed by atoms with E-state index in [1.165, 1.54) is 16.7 Å². The molecule has 112 valence electrons. The number of aldehydes is 1. The lowest BCUT2D eigenvalue weighted by atomic mass is 9.95. The Balaban J connectivity index is 2.00. The van der Waals surface area contributed by atoms with E-state index in [-0.39, 0.29) is 18.7 Å². The maximum atomic E-state index is 12.6. The van der Waals surface area contributed by atoms with Gasteiger partial charge in [-0.1, -0.05) is 42.5 Å². The fourth-order valence-corrected chi connectivity index (χ4v) is 3.01. The Morgan fingerprint density at radius 2 is 1.59 bits per heavy atom. The minimum atomic E-state index is 0.0104. The van der Waals surface area contributed by atoms with Crippen LogP contribution in [0.5, 0.6) is 0 Å². The van der Waals surface area contributed by atoms with E-state index in [2.05, 4.69) is 18.2 Å². The van der Waals surface area contributed by atoms with Crippen LogP contribution in [0.3, 0.4) is 0 Å².